The summed E-state index contributed by atoms with van der Waals surface area (Å²) in [6, 6.07) is 84.0. The van der Waals surface area contributed by atoms with Crippen molar-refractivity contribution in [2.24, 2.45) is 0 Å². The molecule has 10 aromatic rings. The SMILES string of the molecule is Cc1cc(-c2ccccc2)cc(-c2ccccc2)c1.Cc1ccc(-c2ccccc2)cc1.Cc1ccc(C(C)(C)C)cc1.Cc1ccc([Si](C)(C)C)cc1.Cc1ccc2ccc3ccccc3c2c1. The third-order valence-corrected chi connectivity index (χ3v) is 14.3. The first kappa shape index (κ1) is 51.3. The number of hydrogen-bond donors (Lipinski definition) is 0. The summed E-state index contributed by atoms with van der Waals surface area (Å²) in [5.74, 6) is 0. The average Bonchev–Trinajstić information content (AvgIpc) is 3.35. The van der Waals surface area contributed by atoms with E-state index in [1.54, 1.807) is 5.19 Å². The first-order chi connectivity index (χ1) is 33.0. The molecule has 0 amide bonds. The average molecular weight is 917 g/mol. The van der Waals surface area contributed by atoms with Gasteiger partial charge in [-0.1, -0.05) is 298 Å². The minimum absolute atomic E-state index is 0.285. The fraction of sp³-hybridized carbons (Fsp3) is 0.176. The van der Waals surface area contributed by atoms with Gasteiger partial charge in [0.05, 0.1) is 8.07 Å². The minimum atomic E-state index is -1.06. The van der Waals surface area contributed by atoms with E-state index in [0.29, 0.717) is 0 Å². The molecule has 0 spiro atoms. The lowest BCUT2D eigenvalue weighted by molar-refractivity contribution is 0.590. The van der Waals surface area contributed by atoms with E-state index in [2.05, 4.69) is 306 Å². The van der Waals surface area contributed by atoms with Gasteiger partial charge in [0.15, 0.2) is 0 Å². The lowest BCUT2D eigenvalue weighted by Gasteiger charge is -2.18. The summed E-state index contributed by atoms with van der Waals surface area (Å²) in [7, 11) is -1.06. The van der Waals surface area contributed by atoms with Gasteiger partial charge in [-0.05, 0) is 112 Å². The van der Waals surface area contributed by atoms with Gasteiger partial charge in [0.1, 0.15) is 0 Å². The quantitative estimate of drug-likeness (QED) is 0.122. The van der Waals surface area contributed by atoms with Gasteiger partial charge in [-0.15, -0.1) is 0 Å². The molecular formula is C68H72Si. The third kappa shape index (κ3) is 15.7. The third-order valence-electron chi connectivity index (χ3n) is 12.2. The van der Waals surface area contributed by atoms with Crippen LogP contribution in [-0.4, -0.2) is 8.07 Å². The summed E-state index contributed by atoms with van der Waals surface area (Å²) in [6.45, 7) is 24.5. The monoisotopic (exact) mass is 917 g/mol. The van der Waals surface area contributed by atoms with Gasteiger partial charge in [0.25, 0.3) is 0 Å². The molecule has 0 aliphatic carbocycles. The molecule has 0 bridgehead atoms. The molecule has 0 saturated carbocycles. The molecule has 10 rings (SSSR count). The van der Waals surface area contributed by atoms with Crippen LogP contribution in [0.3, 0.4) is 0 Å². The Labute approximate surface area is 416 Å². The lowest BCUT2D eigenvalue weighted by Crippen LogP contribution is -2.37. The molecule has 69 heavy (non-hydrogen) atoms. The highest BCUT2D eigenvalue weighted by molar-refractivity contribution is 6.88. The van der Waals surface area contributed by atoms with Gasteiger partial charge in [-0.25, -0.2) is 0 Å². The number of benzene rings is 10. The van der Waals surface area contributed by atoms with Gasteiger partial charge in [-0.3, -0.25) is 0 Å². The van der Waals surface area contributed by atoms with E-state index < -0.39 is 8.07 Å². The van der Waals surface area contributed by atoms with Crippen molar-refractivity contribution in [1.29, 1.82) is 0 Å². The van der Waals surface area contributed by atoms with Gasteiger partial charge in [0.2, 0.25) is 0 Å². The molecular weight excluding hydrogens is 845 g/mol. The molecule has 1 heteroatoms. The van der Waals surface area contributed by atoms with Crippen LogP contribution < -0.4 is 5.19 Å². The Hall–Kier alpha value is -7.06. The van der Waals surface area contributed by atoms with Crippen LogP contribution in [0.5, 0.6) is 0 Å². The highest BCUT2D eigenvalue weighted by Crippen LogP contribution is 2.29. The van der Waals surface area contributed by atoms with E-state index in [0.717, 1.165) is 0 Å². The molecule has 0 atom stereocenters. The zero-order valence-electron chi connectivity index (χ0n) is 43.0. The Morgan fingerprint density at radius 1 is 0.275 bits per heavy atom. The summed E-state index contributed by atoms with van der Waals surface area (Å²) < 4.78 is 0. The summed E-state index contributed by atoms with van der Waals surface area (Å²) in [5, 5.41) is 6.88. The van der Waals surface area contributed by atoms with E-state index in [-0.39, 0.29) is 5.41 Å². The van der Waals surface area contributed by atoms with Gasteiger partial charge >= 0.3 is 0 Å². The van der Waals surface area contributed by atoms with Crippen LogP contribution in [-0.2, 0) is 5.41 Å². The van der Waals surface area contributed by atoms with Gasteiger partial charge in [-0.2, -0.15) is 0 Å². The maximum absolute atomic E-state index is 2.37. The molecule has 0 saturated heterocycles. The summed E-state index contributed by atoms with van der Waals surface area (Å²) in [5.41, 5.74) is 15.9. The van der Waals surface area contributed by atoms with Crippen LogP contribution in [0, 0.1) is 34.6 Å². The highest BCUT2D eigenvalue weighted by Gasteiger charge is 2.15. The van der Waals surface area contributed by atoms with Crippen LogP contribution >= 0.6 is 0 Å². The number of hydrogen-bond acceptors (Lipinski definition) is 0. The summed E-state index contributed by atoms with van der Waals surface area (Å²) in [6.07, 6.45) is 0. The molecule has 0 aromatic heterocycles. The second-order valence-electron chi connectivity index (χ2n) is 20.3. The second-order valence-corrected chi connectivity index (χ2v) is 25.4. The Kier molecular flexibility index (Phi) is 18.1. The molecule has 10 aromatic carbocycles. The van der Waals surface area contributed by atoms with E-state index in [4.69, 9.17) is 0 Å². The number of aryl methyl sites for hydroxylation is 5. The van der Waals surface area contributed by atoms with Crippen molar-refractivity contribution in [3.8, 4) is 33.4 Å². The molecule has 0 heterocycles. The maximum Gasteiger partial charge on any atom is 0.0775 e. The lowest BCUT2D eigenvalue weighted by atomic mass is 9.87. The standard InChI is InChI=1S/C19H16.C15H12.C13H12.C11H16.C10H16Si/c1-15-12-18(16-8-4-2-5-9-16)14-19(13-15)17-10-6-3-7-11-17;1-11-6-7-13-9-8-12-4-2-3-5-14(12)15(13)10-11;1-11-7-9-13(10-8-11)12-5-3-2-4-6-12;2*1-9-5-7-10(8-6-9)11(2,3)4/h2-14H,1H3;2-10H,1H3;2-10H,1H3;2*5-8H,1-4H3. The minimum Gasteiger partial charge on any atom is -0.0656 e. The summed E-state index contributed by atoms with van der Waals surface area (Å²) in [4.78, 5) is 0. The van der Waals surface area contributed by atoms with Crippen LogP contribution in [0.1, 0.15) is 54.2 Å². The molecule has 0 aliphatic heterocycles. The molecule has 0 fully saturated rings. The molecule has 0 unspecified atom stereocenters. The van der Waals surface area contributed by atoms with E-state index in [1.807, 2.05) is 6.07 Å². The number of fused-ring (bicyclic) bond motifs is 3. The highest BCUT2D eigenvalue weighted by atomic mass is 28.3. The largest absolute Gasteiger partial charge is 0.0775 e. The van der Waals surface area contributed by atoms with Crippen molar-refractivity contribution in [3.63, 3.8) is 0 Å². The molecule has 0 nitrogen and oxygen atoms in total. The first-order valence-electron chi connectivity index (χ1n) is 24.4. The van der Waals surface area contributed by atoms with Crippen LogP contribution in [0.2, 0.25) is 19.6 Å². The predicted molar refractivity (Wildman–Crippen MR) is 309 cm³/mol. The van der Waals surface area contributed by atoms with E-state index in [9.17, 15) is 0 Å². The van der Waals surface area contributed by atoms with Gasteiger partial charge in [0, 0.05) is 0 Å². The molecule has 348 valence electrons. The normalized spacial score (nSPS) is 10.8. The smallest absolute Gasteiger partial charge is 0.0656 e. The fourth-order valence-electron chi connectivity index (χ4n) is 7.98. The zero-order chi connectivity index (χ0) is 49.4. The zero-order valence-corrected chi connectivity index (χ0v) is 44.0. The summed E-state index contributed by atoms with van der Waals surface area (Å²) >= 11 is 0. The Balaban J connectivity index is 0.000000144. The van der Waals surface area contributed by atoms with Gasteiger partial charge < -0.3 is 0 Å². The van der Waals surface area contributed by atoms with Crippen molar-refractivity contribution in [2.45, 2.75) is 80.4 Å². The Morgan fingerprint density at radius 2 is 0.638 bits per heavy atom. The molecule has 0 aliphatic rings. The maximum atomic E-state index is 2.37. The fourth-order valence-corrected chi connectivity index (χ4v) is 9.14. The van der Waals surface area contributed by atoms with Crippen LogP contribution in [0.4, 0.5) is 0 Å². The van der Waals surface area contributed by atoms with Crippen molar-refractivity contribution in [2.75, 3.05) is 0 Å². The molecule has 0 radical (unpaired) electrons. The second kappa shape index (κ2) is 24.3. The van der Waals surface area contributed by atoms with Crippen molar-refractivity contribution in [1.82, 2.24) is 0 Å². The van der Waals surface area contributed by atoms with Crippen LogP contribution in [0.25, 0.3) is 54.9 Å². The van der Waals surface area contributed by atoms with E-state index >= 15 is 0 Å². The Morgan fingerprint density at radius 3 is 1.10 bits per heavy atom. The topological polar surface area (TPSA) is 0 Å². The first-order valence-corrected chi connectivity index (χ1v) is 27.9. The van der Waals surface area contributed by atoms with Crippen LogP contribution in [0.15, 0.2) is 237 Å². The number of rotatable bonds is 4. The van der Waals surface area contributed by atoms with Crippen molar-refractivity contribution < 1.29 is 0 Å². The van der Waals surface area contributed by atoms with E-state index in [1.165, 1.54) is 88.3 Å². The van der Waals surface area contributed by atoms with Crippen molar-refractivity contribution in [3.05, 3.63) is 270 Å². The van der Waals surface area contributed by atoms with Crippen molar-refractivity contribution >= 4 is 34.8 Å². The molecule has 0 N–H and O–H groups in total. The Bertz CT molecular complexity index is 2980. The predicted octanol–water partition coefficient (Wildman–Crippen LogP) is 19.1.